The summed E-state index contributed by atoms with van der Waals surface area (Å²) in [7, 11) is 0. The Kier molecular flexibility index (Phi) is 4.73. The molecule has 0 amide bonds. The molecule has 1 saturated heterocycles. The molecular formula is C14H19F4N3. The number of hydrogen-bond donors (Lipinski definition) is 1. The van der Waals surface area contributed by atoms with Crippen molar-refractivity contribution in [2.75, 3.05) is 37.6 Å². The Morgan fingerprint density at radius 2 is 1.81 bits per heavy atom. The first-order valence-corrected chi connectivity index (χ1v) is 6.85. The molecular weight excluding hydrogens is 286 g/mol. The Labute approximate surface area is 121 Å². The number of anilines is 1. The predicted octanol–water partition coefficient (Wildman–Crippen LogP) is 2.53. The summed E-state index contributed by atoms with van der Waals surface area (Å²) in [6, 6.07) is 4.54. The topological polar surface area (TPSA) is 32.5 Å². The van der Waals surface area contributed by atoms with E-state index in [0.717, 1.165) is 0 Å². The lowest BCUT2D eigenvalue weighted by Gasteiger charge is -2.36. The molecule has 21 heavy (non-hydrogen) atoms. The first kappa shape index (κ1) is 16.0. The van der Waals surface area contributed by atoms with Gasteiger partial charge in [-0.3, -0.25) is 4.90 Å². The van der Waals surface area contributed by atoms with Gasteiger partial charge in [0.2, 0.25) is 0 Å². The van der Waals surface area contributed by atoms with Crippen LogP contribution in [0.4, 0.5) is 23.2 Å². The molecule has 1 aliphatic rings. The summed E-state index contributed by atoms with van der Waals surface area (Å²) in [6.45, 7) is 2.16. The van der Waals surface area contributed by atoms with Crippen LogP contribution in [0.5, 0.6) is 0 Å². The third kappa shape index (κ3) is 4.31. The summed E-state index contributed by atoms with van der Waals surface area (Å²) in [5.74, 6) is -0.380. The minimum absolute atomic E-state index is 0.253. The van der Waals surface area contributed by atoms with Crippen LogP contribution >= 0.6 is 0 Å². The number of nitrogens with two attached hydrogens (primary N) is 1. The molecule has 0 aliphatic carbocycles. The van der Waals surface area contributed by atoms with Crippen molar-refractivity contribution in [3.8, 4) is 0 Å². The molecule has 0 saturated carbocycles. The second-order valence-corrected chi connectivity index (χ2v) is 5.38. The highest BCUT2D eigenvalue weighted by Crippen LogP contribution is 2.25. The van der Waals surface area contributed by atoms with Crippen LogP contribution in [0.15, 0.2) is 18.2 Å². The molecule has 118 valence electrons. The van der Waals surface area contributed by atoms with E-state index >= 15 is 0 Å². The second kappa shape index (κ2) is 6.19. The van der Waals surface area contributed by atoms with Gasteiger partial charge in [0.25, 0.3) is 0 Å². The van der Waals surface area contributed by atoms with Crippen molar-refractivity contribution in [2.24, 2.45) is 5.73 Å². The first-order chi connectivity index (χ1) is 9.76. The maximum absolute atomic E-state index is 14.1. The van der Waals surface area contributed by atoms with Gasteiger partial charge in [-0.05, 0) is 24.6 Å². The van der Waals surface area contributed by atoms with E-state index in [1.165, 1.54) is 11.0 Å². The molecule has 2 rings (SSSR count). The van der Waals surface area contributed by atoms with E-state index in [1.54, 1.807) is 24.0 Å². The number of alkyl halides is 3. The monoisotopic (exact) mass is 305 g/mol. The molecule has 0 bridgehead atoms. The van der Waals surface area contributed by atoms with Crippen molar-refractivity contribution in [3.05, 3.63) is 29.6 Å². The lowest BCUT2D eigenvalue weighted by molar-refractivity contribution is -0.146. The van der Waals surface area contributed by atoms with Gasteiger partial charge in [0.1, 0.15) is 5.82 Å². The van der Waals surface area contributed by atoms with E-state index in [-0.39, 0.29) is 24.9 Å². The van der Waals surface area contributed by atoms with Crippen molar-refractivity contribution in [1.82, 2.24) is 4.90 Å². The SMILES string of the molecule is C[C@H](N)c1ccc(N2CCN(CC(F)(F)F)CC2)c(F)c1. The lowest BCUT2D eigenvalue weighted by Crippen LogP contribution is -2.49. The molecule has 1 atom stereocenters. The highest BCUT2D eigenvalue weighted by atomic mass is 19.4. The molecule has 7 heteroatoms. The zero-order valence-corrected chi connectivity index (χ0v) is 11.8. The van der Waals surface area contributed by atoms with Crippen LogP contribution in [0.1, 0.15) is 18.5 Å². The molecule has 0 radical (unpaired) electrons. The number of halogens is 4. The van der Waals surface area contributed by atoms with Crippen molar-refractivity contribution >= 4 is 5.69 Å². The molecule has 1 aromatic rings. The molecule has 2 N–H and O–H groups in total. The van der Waals surface area contributed by atoms with Gasteiger partial charge < -0.3 is 10.6 Å². The van der Waals surface area contributed by atoms with E-state index < -0.39 is 12.7 Å². The molecule has 1 fully saturated rings. The normalized spacial score (nSPS) is 18.9. The molecule has 1 aliphatic heterocycles. The Morgan fingerprint density at radius 3 is 2.29 bits per heavy atom. The summed E-state index contributed by atoms with van der Waals surface area (Å²) < 4.78 is 51.0. The molecule has 0 spiro atoms. The minimum Gasteiger partial charge on any atom is -0.367 e. The minimum atomic E-state index is -4.19. The summed E-state index contributed by atoms with van der Waals surface area (Å²) >= 11 is 0. The van der Waals surface area contributed by atoms with E-state index in [9.17, 15) is 17.6 Å². The standard InChI is InChI=1S/C14H19F4N3/c1-10(19)11-2-3-13(12(15)8-11)21-6-4-20(5-7-21)9-14(16,17)18/h2-3,8,10H,4-7,9,19H2,1H3/t10-/m0/s1. The van der Waals surface area contributed by atoms with Crippen molar-refractivity contribution in [3.63, 3.8) is 0 Å². The molecule has 0 aromatic heterocycles. The number of rotatable bonds is 3. The number of nitrogens with zero attached hydrogens (tertiary/aromatic N) is 2. The molecule has 3 nitrogen and oxygen atoms in total. The van der Waals surface area contributed by atoms with Gasteiger partial charge in [-0.25, -0.2) is 4.39 Å². The van der Waals surface area contributed by atoms with Gasteiger partial charge in [-0.15, -0.1) is 0 Å². The maximum Gasteiger partial charge on any atom is 0.401 e. The van der Waals surface area contributed by atoms with E-state index in [1.807, 2.05) is 0 Å². The van der Waals surface area contributed by atoms with Crippen molar-refractivity contribution in [1.29, 1.82) is 0 Å². The maximum atomic E-state index is 14.1. The summed E-state index contributed by atoms with van der Waals surface area (Å²) in [6.07, 6.45) is -4.19. The average molecular weight is 305 g/mol. The van der Waals surface area contributed by atoms with Crippen LogP contribution in [0.3, 0.4) is 0 Å². The fraction of sp³-hybridized carbons (Fsp3) is 0.571. The second-order valence-electron chi connectivity index (χ2n) is 5.38. The molecule has 0 unspecified atom stereocenters. The van der Waals surface area contributed by atoms with Crippen LogP contribution in [0, 0.1) is 5.82 Å². The van der Waals surface area contributed by atoms with E-state index in [2.05, 4.69) is 0 Å². The zero-order valence-electron chi connectivity index (χ0n) is 11.8. The van der Waals surface area contributed by atoms with Gasteiger partial charge in [-0.1, -0.05) is 6.07 Å². The highest BCUT2D eigenvalue weighted by molar-refractivity contribution is 5.50. The Bertz CT molecular complexity index is 480. The van der Waals surface area contributed by atoms with Gasteiger partial charge in [0.15, 0.2) is 0 Å². The number of hydrogen-bond acceptors (Lipinski definition) is 3. The van der Waals surface area contributed by atoms with E-state index in [4.69, 9.17) is 5.73 Å². The fourth-order valence-electron chi connectivity index (χ4n) is 2.46. The molecule has 1 heterocycles. The van der Waals surface area contributed by atoms with Crippen LogP contribution in [0.25, 0.3) is 0 Å². The number of benzene rings is 1. The summed E-state index contributed by atoms with van der Waals surface area (Å²) in [4.78, 5) is 3.11. The van der Waals surface area contributed by atoms with E-state index in [0.29, 0.717) is 24.3 Å². The van der Waals surface area contributed by atoms with Gasteiger partial charge in [0.05, 0.1) is 12.2 Å². The van der Waals surface area contributed by atoms with Gasteiger partial charge in [-0.2, -0.15) is 13.2 Å². The summed E-state index contributed by atoms with van der Waals surface area (Å²) in [5, 5.41) is 0. The fourth-order valence-corrected chi connectivity index (χ4v) is 2.46. The Morgan fingerprint density at radius 1 is 1.19 bits per heavy atom. The van der Waals surface area contributed by atoms with Crippen LogP contribution in [-0.2, 0) is 0 Å². The van der Waals surface area contributed by atoms with Crippen LogP contribution in [0.2, 0.25) is 0 Å². The number of piperazine rings is 1. The third-order valence-electron chi connectivity index (χ3n) is 3.61. The third-order valence-corrected chi connectivity index (χ3v) is 3.61. The van der Waals surface area contributed by atoms with Crippen molar-refractivity contribution in [2.45, 2.75) is 19.1 Å². The zero-order chi connectivity index (χ0) is 15.6. The highest BCUT2D eigenvalue weighted by Gasteiger charge is 2.32. The van der Waals surface area contributed by atoms with Crippen LogP contribution in [-0.4, -0.2) is 43.8 Å². The van der Waals surface area contributed by atoms with Gasteiger partial charge in [0, 0.05) is 32.2 Å². The largest absolute Gasteiger partial charge is 0.401 e. The molecule has 1 aromatic carbocycles. The van der Waals surface area contributed by atoms with Crippen molar-refractivity contribution < 1.29 is 17.6 Å². The average Bonchev–Trinajstić information content (AvgIpc) is 2.38. The predicted molar refractivity (Wildman–Crippen MR) is 73.7 cm³/mol. The van der Waals surface area contributed by atoms with Crippen LogP contribution < -0.4 is 10.6 Å². The Hall–Kier alpha value is -1.34. The summed E-state index contributed by atoms with van der Waals surface area (Å²) in [5.41, 5.74) is 6.82. The lowest BCUT2D eigenvalue weighted by atomic mass is 10.1. The first-order valence-electron chi connectivity index (χ1n) is 6.85. The Balaban J connectivity index is 1.99. The smallest absolute Gasteiger partial charge is 0.367 e. The quantitative estimate of drug-likeness (QED) is 0.871. The van der Waals surface area contributed by atoms with Gasteiger partial charge >= 0.3 is 6.18 Å².